The van der Waals surface area contributed by atoms with Crippen LogP contribution >= 0.6 is 23.6 Å². The molecule has 7 nitrogen and oxygen atoms in total. The monoisotopic (exact) mass is 405 g/mol. The molecule has 3 rings (SSSR count). The Balaban J connectivity index is 1.42. The van der Waals surface area contributed by atoms with Gasteiger partial charge in [-0.15, -0.1) is 11.3 Å². The number of carbonyl (C=O) groups is 1. The number of morpholine rings is 1. The molecule has 1 aliphatic rings. The molecule has 0 radical (unpaired) electrons. The summed E-state index contributed by atoms with van der Waals surface area (Å²) in [6, 6.07) is 7.99. The van der Waals surface area contributed by atoms with E-state index in [4.69, 9.17) is 17.0 Å². The number of rotatable bonds is 5. The van der Waals surface area contributed by atoms with Crippen LogP contribution in [0.25, 0.3) is 0 Å². The number of thiazole rings is 1. The van der Waals surface area contributed by atoms with E-state index in [2.05, 4.69) is 33.0 Å². The van der Waals surface area contributed by atoms with Crippen molar-refractivity contribution in [3.8, 4) is 0 Å². The molecule has 1 amide bonds. The predicted octanol–water partition coefficient (Wildman–Crippen LogP) is 2.10. The quantitative estimate of drug-likeness (QED) is 0.519. The summed E-state index contributed by atoms with van der Waals surface area (Å²) in [4.78, 5) is 18.8. The van der Waals surface area contributed by atoms with E-state index in [0.717, 1.165) is 36.0 Å². The molecule has 27 heavy (non-hydrogen) atoms. The number of ether oxygens (including phenoxy) is 1. The van der Waals surface area contributed by atoms with Gasteiger partial charge in [0.15, 0.2) is 10.2 Å². The fourth-order valence-corrected chi connectivity index (χ4v) is 3.65. The van der Waals surface area contributed by atoms with Crippen molar-refractivity contribution in [1.29, 1.82) is 0 Å². The Morgan fingerprint density at radius 1 is 1.26 bits per heavy atom. The van der Waals surface area contributed by atoms with Crippen molar-refractivity contribution in [1.82, 2.24) is 15.8 Å². The molecule has 0 aliphatic carbocycles. The van der Waals surface area contributed by atoms with Gasteiger partial charge in [-0.1, -0.05) is 19.1 Å². The van der Waals surface area contributed by atoms with E-state index in [1.807, 2.05) is 29.6 Å². The second kappa shape index (κ2) is 9.63. The highest BCUT2D eigenvalue weighted by Crippen LogP contribution is 2.21. The molecular formula is C18H23N5O2S2. The highest BCUT2D eigenvalue weighted by atomic mass is 32.1. The average molecular weight is 406 g/mol. The number of anilines is 2. The average Bonchev–Trinajstić information content (AvgIpc) is 3.16. The highest BCUT2D eigenvalue weighted by molar-refractivity contribution is 7.80. The Morgan fingerprint density at radius 3 is 2.70 bits per heavy atom. The molecule has 1 aromatic heterocycles. The van der Waals surface area contributed by atoms with Crippen molar-refractivity contribution < 1.29 is 9.53 Å². The number of carbonyl (C=O) groups excluding carboxylic acids is 1. The first-order chi connectivity index (χ1) is 13.1. The van der Waals surface area contributed by atoms with E-state index in [1.54, 1.807) is 11.3 Å². The number of hydrogen-bond acceptors (Lipinski definition) is 6. The molecule has 0 unspecified atom stereocenters. The summed E-state index contributed by atoms with van der Waals surface area (Å²) in [5.41, 5.74) is 8.19. The standard InChI is InChI=1S/C18H23N5O2S2/c1-2-13-3-5-14(6-4-13)19-17(26)22-21-16(24)11-15-12-27-18(20-15)23-7-9-25-10-8-23/h3-6,12H,2,7-11H2,1H3,(H,21,24)(H2,19,22,26). The maximum absolute atomic E-state index is 12.1. The SMILES string of the molecule is CCc1ccc(NC(=S)NNC(=O)Cc2csc(N3CCOCC3)n2)cc1. The summed E-state index contributed by atoms with van der Waals surface area (Å²) < 4.78 is 5.35. The van der Waals surface area contributed by atoms with Crippen LogP contribution in [0.4, 0.5) is 10.8 Å². The molecule has 2 aromatic rings. The van der Waals surface area contributed by atoms with Gasteiger partial charge in [-0.25, -0.2) is 4.98 Å². The lowest BCUT2D eigenvalue weighted by atomic mass is 10.1. The highest BCUT2D eigenvalue weighted by Gasteiger charge is 2.15. The van der Waals surface area contributed by atoms with Gasteiger partial charge in [0.1, 0.15) is 0 Å². The Morgan fingerprint density at radius 2 is 2.00 bits per heavy atom. The van der Waals surface area contributed by atoms with Gasteiger partial charge in [0.2, 0.25) is 5.91 Å². The summed E-state index contributed by atoms with van der Waals surface area (Å²) in [6.45, 7) is 5.20. The number of aryl methyl sites for hydroxylation is 1. The van der Waals surface area contributed by atoms with E-state index in [-0.39, 0.29) is 12.3 Å². The van der Waals surface area contributed by atoms with Crippen molar-refractivity contribution >= 4 is 45.4 Å². The van der Waals surface area contributed by atoms with Gasteiger partial charge in [-0.2, -0.15) is 0 Å². The summed E-state index contributed by atoms with van der Waals surface area (Å²) in [7, 11) is 0. The topological polar surface area (TPSA) is 78.5 Å². The summed E-state index contributed by atoms with van der Waals surface area (Å²) in [6.07, 6.45) is 1.19. The number of thiocarbonyl (C=S) groups is 1. The molecule has 1 aliphatic heterocycles. The first-order valence-corrected chi connectivity index (χ1v) is 10.1. The Bertz CT molecular complexity index is 772. The minimum Gasteiger partial charge on any atom is -0.378 e. The zero-order valence-electron chi connectivity index (χ0n) is 15.2. The fourth-order valence-electron chi connectivity index (χ4n) is 2.60. The largest absolute Gasteiger partial charge is 0.378 e. The summed E-state index contributed by atoms with van der Waals surface area (Å²) in [5.74, 6) is -0.195. The lowest BCUT2D eigenvalue weighted by Gasteiger charge is -2.26. The van der Waals surface area contributed by atoms with E-state index < -0.39 is 0 Å². The van der Waals surface area contributed by atoms with Crippen molar-refractivity contribution in [2.75, 3.05) is 36.5 Å². The minimum atomic E-state index is -0.195. The van der Waals surface area contributed by atoms with Gasteiger partial charge < -0.3 is 15.0 Å². The predicted molar refractivity (Wildman–Crippen MR) is 112 cm³/mol. The lowest BCUT2D eigenvalue weighted by Crippen LogP contribution is -2.44. The minimum absolute atomic E-state index is 0.195. The molecule has 1 fully saturated rings. The Hall–Kier alpha value is -2.23. The normalized spacial score (nSPS) is 13.9. The van der Waals surface area contributed by atoms with Gasteiger partial charge in [0.05, 0.1) is 25.3 Å². The second-order valence-electron chi connectivity index (χ2n) is 6.08. The van der Waals surface area contributed by atoms with E-state index in [1.165, 1.54) is 5.56 Å². The third kappa shape index (κ3) is 5.88. The van der Waals surface area contributed by atoms with Crippen LogP contribution in [0.3, 0.4) is 0 Å². The molecule has 9 heteroatoms. The number of nitrogens with one attached hydrogen (secondary N) is 3. The molecule has 144 valence electrons. The van der Waals surface area contributed by atoms with Crippen LogP contribution in [-0.4, -0.2) is 42.3 Å². The molecule has 1 aromatic carbocycles. The fraction of sp³-hybridized carbons (Fsp3) is 0.389. The van der Waals surface area contributed by atoms with Crippen LogP contribution in [0.2, 0.25) is 0 Å². The number of hydrazine groups is 1. The van der Waals surface area contributed by atoms with Gasteiger partial charge >= 0.3 is 0 Å². The van der Waals surface area contributed by atoms with Crippen molar-refractivity contribution in [3.05, 3.63) is 40.9 Å². The zero-order valence-corrected chi connectivity index (χ0v) is 16.8. The van der Waals surface area contributed by atoms with Crippen molar-refractivity contribution in [3.63, 3.8) is 0 Å². The lowest BCUT2D eigenvalue weighted by molar-refractivity contribution is -0.121. The summed E-state index contributed by atoms with van der Waals surface area (Å²) >= 11 is 6.75. The van der Waals surface area contributed by atoms with Crippen LogP contribution in [0.15, 0.2) is 29.6 Å². The Labute approximate surface area is 168 Å². The van der Waals surface area contributed by atoms with Gasteiger partial charge in [0, 0.05) is 24.2 Å². The number of amides is 1. The number of nitrogens with zero attached hydrogens (tertiary/aromatic N) is 2. The van der Waals surface area contributed by atoms with Gasteiger partial charge in [-0.05, 0) is 36.3 Å². The molecule has 3 N–H and O–H groups in total. The number of aromatic nitrogens is 1. The molecule has 0 bridgehead atoms. The van der Waals surface area contributed by atoms with Crippen LogP contribution < -0.4 is 21.1 Å². The maximum atomic E-state index is 12.1. The van der Waals surface area contributed by atoms with Gasteiger partial charge in [0.25, 0.3) is 0 Å². The van der Waals surface area contributed by atoms with E-state index in [0.29, 0.717) is 18.3 Å². The molecule has 0 spiro atoms. The van der Waals surface area contributed by atoms with Crippen LogP contribution in [0.1, 0.15) is 18.2 Å². The van der Waals surface area contributed by atoms with Crippen molar-refractivity contribution in [2.45, 2.75) is 19.8 Å². The molecule has 1 saturated heterocycles. The number of benzene rings is 1. The van der Waals surface area contributed by atoms with E-state index in [9.17, 15) is 4.79 Å². The molecular weight excluding hydrogens is 382 g/mol. The first-order valence-electron chi connectivity index (χ1n) is 8.86. The zero-order chi connectivity index (χ0) is 19.1. The molecule has 0 saturated carbocycles. The Kier molecular flexibility index (Phi) is 6.97. The molecule has 2 heterocycles. The van der Waals surface area contributed by atoms with Crippen LogP contribution in [0.5, 0.6) is 0 Å². The third-order valence-corrected chi connectivity index (χ3v) is 5.25. The van der Waals surface area contributed by atoms with Gasteiger partial charge in [-0.3, -0.25) is 15.6 Å². The summed E-state index contributed by atoms with van der Waals surface area (Å²) in [5, 5.41) is 6.21. The smallest absolute Gasteiger partial charge is 0.244 e. The molecule has 0 atom stereocenters. The van der Waals surface area contributed by atoms with Crippen molar-refractivity contribution in [2.24, 2.45) is 0 Å². The third-order valence-electron chi connectivity index (χ3n) is 4.10. The van der Waals surface area contributed by atoms with Crippen LogP contribution in [0, 0.1) is 0 Å². The van der Waals surface area contributed by atoms with E-state index >= 15 is 0 Å². The maximum Gasteiger partial charge on any atom is 0.244 e. The first kappa shape index (κ1) is 19.5. The number of hydrogen-bond donors (Lipinski definition) is 3. The second-order valence-corrected chi connectivity index (χ2v) is 7.32. The van der Waals surface area contributed by atoms with Crippen LogP contribution in [-0.2, 0) is 22.4 Å².